The van der Waals surface area contributed by atoms with Gasteiger partial charge in [-0.1, -0.05) is 60.7 Å². The van der Waals surface area contributed by atoms with Crippen LogP contribution in [0.1, 0.15) is 40.9 Å². The van der Waals surface area contributed by atoms with E-state index in [-0.39, 0.29) is 28.6 Å². The lowest BCUT2D eigenvalue weighted by molar-refractivity contribution is -0.137. The summed E-state index contributed by atoms with van der Waals surface area (Å²) in [6, 6.07) is 26.2. The van der Waals surface area contributed by atoms with Gasteiger partial charge in [0.2, 0.25) is 5.91 Å². The second-order valence-corrected chi connectivity index (χ2v) is 14.4. The standard InChI is InChI=1S/C40H35F3N4O3S/c41-40(42,43)30-11-5-4-10-29(30)32-15-12-26-22-27(13-14-31(26)44-32)37-36(25-8-2-1-3-9-25)38-33(23-34(51-38)39(49)50)47(37)24-35(48)46-20-16-28(17-21-46)45-18-6-7-19-45/h1-5,8-15,22-23,28H,6-7,16-21,24H2,(H,49,50). The third-order valence-corrected chi connectivity index (χ3v) is 11.4. The number of hydrogen-bond donors (Lipinski definition) is 1. The zero-order valence-corrected chi connectivity index (χ0v) is 28.5. The first-order chi connectivity index (χ1) is 24.7. The number of thiophene rings is 1. The third kappa shape index (κ3) is 6.29. The van der Waals surface area contributed by atoms with Gasteiger partial charge in [0.05, 0.1) is 32.7 Å². The summed E-state index contributed by atoms with van der Waals surface area (Å²) in [6.45, 7) is 3.64. The fraction of sp³-hybridized carbons (Fsp3) is 0.275. The Kier molecular flexibility index (Phi) is 8.63. The summed E-state index contributed by atoms with van der Waals surface area (Å²) < 4.78 is 44.2. The van der Waals surface area contributed by atoms with Crippen LogP contribution in [0.4, 0.5) is 13.2 Å². The summed E-state index contributed by atoms with van der Waals surface area (Å²) in [4.78, 5) is 35.6. The summed E-state index contributed by atoms with van der Waals surface area (Å²) in [6.07, 6.45) is -0.198. The lowest BCUT2D eigenvalue weighted by atomic mass is 9.99. The molecule has 0 atom stereocenters. The molecule has 0 bridgehead atoms. The number of aromatic carboxylic acids is 1. The number of fused-ring (bicyclic) bond motifs is 2. The minimum Gasteiger partial charge on any atom is -0.477 e. The first-order valence-corrected chi connectivity index (χ1v) is 18.0. The number of nitrogens with zero attached hydrogens (tertiary/aromatic N) is 4. The number of carboxylic acid groups (broad SMARTS) is 1. The molecule has 0 saturated carbocycles. The van der Waals surface area contributed by atoms with Crippen molar-refractivity contribution < 1.29 is 27.9 Å². The molecular formula is C40H35F3N4O3S. The van der Waals surface area contributed by atoms with E-state index in [1.54, 1.807) is 30.3 Å². The van der Waals surface area contributed by atoms with E-state index in [9.17, 15) is 27.9 Å². The lowest BCUT2D eigenvalue weighted by Gasteiger charge is -2.36. The number of likely N-dealkylation sites (tertiary alicyclic amines) is 2. The number of alkyl halides is 3. The summed E-state index contributed by atoms with van der Waals surface area (Å²) in [5.74, 6) is -1.05. The van der Waals surface area contributed by atoms with Gasteiger partial charge >= 0.3 is 12.1 Å². The molecule has 5 heterocycles. The number of hydrogen-bond acceptors (Lipinski definition) is 5. The van der Waals surface area contributed by atoms with Crippen LogP contribution in [0.2, 0.25) is 0 Å². The fourth-order valence-corrected chi connectivity index (χ4v) is 8.83. The zero-order chi connectivity index (χ0) is 35.3. The van der Waals surface area contributed by atoms with Crippen LogP contribution in [0.15, 0.2) is 91.0 Å². The van der Waals surface area contributed by atoms with E-state index < -0.39 is 17.7 Å². The average molecular weight is 709 g/mol. The molecule has 0 radical (unpaired) electrons. The molecule has 1 N–H and O–H groups in total. The third-order valence-electron chi connectivity index (χ3n) is 10.2. The Balaban J connectivity index is 1.22. The zero-order valence-electron chi connectivity index (χ0n) is 27.7. The quantitative estimate of drug-likeness (QED) is 0.179. The van der Waals surface area contributed by atoms with Gasteiger partial charge in [0, 0.05) is 35.6 Å². The van der Waals surface area contributed by atoms with E-state index in [1.807, 2.05) is 51.9 Å². The Bertz CT molecular complexity index is 2270. The number of benzene rings is 3. The van der Waals surface area contributed by atoms with Gasteiger partial charge in [-0.3, -0.25) is 4.79 Å². The Labute approximate surface area is 296 Å². The molecule has 2 aliphatic heterocycles. The van der Waals surface area contributed by atoms with E-state index in [1.165, 1.54) is 36.3 Å². The van der Waals surface area contributed by atoms with E-state index in [4.69, 9.17) is 0 Å². The summed E-state index contributed by atoms with van der Waals surface area (Å²) in [5.41, 5.74) is 3.94. The highest BCUT2D eigenvalue weighted by molar-refractivity contribution is 7.21. The van der Waals surface area contributed by atoms with Crippen molar-refractivity contribution in [3.8, 4) is 33.6 Å². The normalized spacial score (nSPS) is 16.0. The van der Waals surface area contributed by atoms with Crippen molar-refractivity contribution in [2.45, 2.75) is 44.4 Å². The molecule has 3 aromatic heterocycles. The van der Waals surface area contributed by atoms with Gasteiger partial charge in [-0.25, -0.2) is 9.78 Å². The first kappa shape index (κ1) is 33.2. The Morgan fingerprint density at radius 3 is 2.29 bits per heavy atom. The molecule has 2 fully saturated rings. The number of carbonyl (C=O) groups is 2. The van der Waals surface area contributed by atoms with Gasteiger partial charge in [0.25, 0.3) is 0 Å². The highest BCUT2D eigenvalue weighted by Gasteiger charge is 2.34. The number of carbonyl (C=O) groups excluding carboxylic acids is 1. The molecule has 260 valence electrons. The minimum atomic E-state index is -4.52. The lowest BCUT2D eigenvalue weighted by Crippen LogP contribution is -2.46. The monoisotopic (exact) mass is 708 g/mol. The maximum absolute atomic E-state index is 14.1. The molecule has 6 aromatic rings. The SMILES string of the molecule is O=C(O)c1cc2c(s1)c(-c1ccccc1)c(-c1ccc3nc(-c4ccccc4C(F)(F)F)ccc3c1)n2CC(=O)N1CCC(N2CCCC2)CC1. The van der Waals surface area contributed by atoms with E-state index in [2.05, 4.69) is 9.88 Å². The molecule has 7 nitrogen and oxygen atoms in total. The van der Waals surface area contributed by atoms with Crippen LogP contribution in [0.5, 0.6) is 0 Å². The molecule has 1 amide bonds. The van der Waals surface area contributed by atoms with Gasteiger partial charge < -0.3 is 19.5 Å². The van der Waals surface area contributed by atoms with Crippen LogP contribution < -0.4 is 0 Å². The summed E-state index contributed by atoms with van der Waals surface area (Å²) in [5, 5.41) is 10.7. The molecule has 2 aliphatic rings. The fourth-order valence-electron chi connectivity index (χ4n) is 7.77. The number of carboxylic acids is 1. The van der Waals surface area contributed by atoms with Crippen molar-refractivity contribution in [2.24, 2.45) is 0 Å². The predicted octanol–water partition coefficient (Wildman–Crippen LogP) is 9.06. The average Bonchev–Trinajstić information content (AvgIpc) is 3.89. The second kappa shape index (κ2) is 13.3. The Hall–Kier alpha value is -5.00. The van der Waals surface area contributed by atoms with Crippen molar-refractivity contribution in [3.05, 3.63) is 101 Å². The number of rotatable bonds is 7. The maximum Gasteiger partial charge on any atom is 0.417 e. The van der Waals surface area contributed by atoms with Crippen molar-refractivity contribution in [1.29, 1.82) is 0 Å². The number of amides is 1. The molecule has 11 heteroatoms. The van der Waals surface area contributed by atoms with Crippen molar-refractivity contribution >= 4 is 44.3 Å². The van der Waals surface area contributed by atoms with E-state index >= 15 is 0 Å². The van der Waals surface area contributed by atoms with Crippen LogP contribution in [-0.2, 0) is 17.5 Å². The largest absolute Gasteiger partial charge is 0.477 e. The van der Waals surface area contributed by atoms with Crippen LogP contribution in [-0.4, -0.2) is 68.6 Å². The summed E-state index contributed by atoms with van der Waals surface area (Å²) in [7, 11) is 0. The van der Waals surface area contributed by atoms with Crippen LogP contribution in [0.25, 0.3) is 54.8 Å². The predicted molar refractivity (Wildman–Crippen MR) is 194 cm³/mol. The van der Waals surface area contributed by atoms with Crippen LogP contribution in [0.3, 0.4) is 0 Å². The smallest absolute Gasteiger partial charge is 0.417 e. The molecule has 8 rings (SSSR count). The minimum absolute atomic E-state index is 0.00802. The number of aromatic nitrogens is 2. The van der Waals surface area contributed by atoms with E-state index in [0.717, 1.165) is 64.5 Å². The second-order valence-electron chi connectivity index (χ2n) is 13.3. The maximum atomic E-state index is 14.1. The molecule has 0 unspecified atom stereocenters. The molecule has 0 spiro atoms. The first-order valence-electron chi connectivity index (χ1n) is 17.2. The Morgan fingerprint density at radius 1 is 0.843 bits per heavy atom. The van der Waals surface area contributed by atoms with Crippen LogP contribution >= 0.6 is 11.3 Å². The van der Waals surface area contributed by atoms with Gasteiger partial charge in [-0.05, 0) is 80.2 Å². The highest BCUT2D eigenvalue weighted by atomic mass is 32.1. The number of piperidine rings is 1. The van der Waals surface area contributed by atoms with Gasteiger partial charge in [0.15, 0.2) is 0 Å². The van der Waals surface area contributed by atoms with Crippen molar-refractivity contribution in [2.75, 3.05) is 26.2 Å². The molecular weight excluding hydrogens is 674 g/mol. The van der Waals surface area contributed by atoms with Gasteiger partial charge in [-0.2, -0.15) is 13.2 Å². The van der Waals surface area contributed by atoms with Gasteiger partial charge in [-0.15, -0.1) is 11.3 Å². The number of halogens is 3. The topological polar surface area (TPSA) is 78.7 Å². The molecule has 51 heavy (non-hydrogen) atoms. The van der Waals surface area contributed by atoms with Crippen molar-refractivity contribution in [1.82, 2.24) is 19.4 Å². The molecule has 2 saturated heterocycles. The number of pyridine rings is 1. The van der Waals surface area contributed by atoms with Crippen LogP contribution in [0, 0.1) is 0 Å². The molecule has 0 aliphatic carbocycles. The molecule has 3 aromatic carbocycles. The van der Waals surface area contributed by atoms with Gasteiger partial charge in [0.1, 0.15) is 11.4 Å². The highest BCUT2D eigenvalue weighted by Crippen LogP contribution is 2.45. The van der Waals surface area contributed by atoms with E-state index in [0.29, 0.717) is 30.2 Å². The Morgan fingerprint density at radius 2 is 1.57 bits per heavy atom. The van der Waals surface area contributed by atoms with Crippen molar-refractivity contribution in [3.63, 3.8) is 0 Å². The summed E-state index contributed by atoms with van der Waals surface area (Å²) >= 11 is 1.18.